The average Bonchev–Trinajstić information content (AvgIpc) is 3.04. The van der Waals surface area contributed by atoms with Gasteiger partial charge in [0.2, 0.25) is 11.8 Å². The van der Waals surface area contributed by atoms with Gasteiger partial charge in [0.25, 0.3) is 0 Å². The lowest BCUT2D eigenvalue weighted by Crippen LogP contribution is -2.06. The Labute approximate surface area is 135 Å². The fourth-order valence-corrected chi connectivity index (χ4v) is 2.91. The highest BCUT2D eigenvalue weighted by Gasteiger charge is 2.21. The van der Waals surface area contributed by atoms with Crippen LogP contribution in [0.1, 0.15) is 56.4 Å². The molecule has 1 fully saturated rings. The standard InChI is InChI=1S/C17H22N4O2/c1-12(22)19-15-9-7-13(8-10-15)11-18-17-21-20-16(23-17)14-5-3-2-4-6-14/h7-10,14H,2-6,11H2,1H3,(H,18,21)(H,19,22). The van der Waals surface area contributed by atoms with Crippen molar-refractivity contribution in [2.75, 3.05) is 10.6 Å². The van der Waals surface area contributed by atoms with E-state index in [0.29, 0.717) is 18.5 Å². The van der Waals surface area contributed by atoms with E-state index in [0.717, 1.165) is 30.0 Å². The average molecular weight is 314 g/mol. The zero-order valence-corrected chi connectivity index (χ0v) is 13.3. The topological polar surface area (TPSA) is 80.0 Å². The number of benzene rings is 1. The SMILES string of the molecule is CC(=O)Nc1ccc(CNc2nnc(C3CCCCC3)o2)cc1. The minimum absolute atomic E-state index is 0.0722. The van der Waals surface area contributed by atoms with E-state index in [1.165, 1.54) is 26.2 Å². The van der Waals surface area contributed by atoms with Gasteiger partial charge in [0.1, 0.15) is 0 Å². The molecule has 1 aliphatic carbocycles. The van der Waals surface area contributed by atoms with E-state index in [4.69, 9.17) is 4.42 Å². The molecule has 2 N–H and O–H groups in total. The van der Waals surface area contributed by atoms with Gasteiger partial charge in [0, 0.05) is 25.1 Å². The molecule has 0 radical (unpaired) electrons. The minimum atomic E-state index is -0.0722. The first-order valence-corrected chi connectivity index (χ1v) is 8.14. The van der Waals surface area contributed by atoms with Crippen LogP contribution in [0.3, 0.4) is 0 Å². The second-order valence-electron chi connectivity index (χ2n) is 6.01. The summed E-state index contributed by atoms with van der Waals surface area (Å²) in [6, 6.07) is 8.13. The van der Waals surface area contributed by atoms with Crippen LogP contribution in [0.2, 0.25) is 0 Å². The van der Waals surface area contributed by atoms with Gasteiger partial charge in [-0.3, -0.25) is 4.79 Å². The van der Waals surface area contributed by atoms with Crippen molar-refractivity contribution < 1.29 is 9.21 Å². The normalized spacial score (nSPS) is 15.3. The molecule has 1 aliphatic rings. The van der Waals surface area contributed by atoms with Gasteiger partial charge in [-0.2, -0.15) is 0 Å². The lowest BCUT2D eigenvalue weighted by atomic mass is 9.89. The molecule has 23 heavy (non-hydrogen) atoms. The van der Waals surface area contributed by atoms with Crippen LogP contribution in [0.15, 0.2) is 28.7 Å². The van der Waals surface area contributed by atoms with Crippen molar-refractivity contribution in [1.29, 1.82) is 0 Å². The second-order valence-corrected chi connectivity index (χ2v) is 6.01. The van der Waals surface area contributed by atoms with Crippen molar-refractivity contribution in [1.82, 2.24) is 10.2 Å². The Hall–Kier alpha value is -2.37. The van der Waals surface area contributed by atoms with Crippen molar-refractivity contribution in [2.45, 2.75) is 51.5 Å². The minimum Gasteiger partial charge on any atom is -0.408 e. The van der Waals surface area contributed by atoms with Crippen LogP contribution in [0.4, 0.5) is 11.7 Å². The number of amides is 1. The summed E-state index contributed by atoms with van der Waals surface area (Å²) in [4.78, 5) is 11.0. The van der Waals surface area contributed by atoms with Crippen LogP contribution in [0.25, 0.3) is 0 Å². The van der Waals surface area contributed by atoms with E-state index in [1.54, 1.807) is 0 Å². The van der Waals surface area contributed by atoms with E-state index < -0.39 is 0 Å². The number of hydrogen-bond acceptors (Lipinski definition) is 5. The third kappa shape index (κ3) is 4.31. The van der Waals surface area contributed by atoms with Gasteiger partial charge in [-0.15, -0.1) is 5.10 Å². The Morgan fingerprint density at radius 3 is 2.61 bits per heavy atom. The Kier molecular flexibility index (Phi) is 4.90. The van der Waals surface area contributed by atoms with Crippen molar-refractivity contribution in [3.63, 3.8) is 0 Å². The van der Waals surface area contributed by atoms with Crippen molar-refractivity contribution >= 4 is 17.6 Å². The van der Waals surface area contributed by atoms with Crippen molar-refractivity contribution in [3.8, 4) is 0 Å². The highest BCUT2D eigenvalue weighted by atomic mass is 16.4. The predicted molar refractivity (Wildman–Crippen MR) is 88.2 cm³/mol. The maximum absolute atomic E-state index is 11.0. The summed E-state index contributed by atoms with van der Waals surface area (Å²) in [5.41, 5.74) is 1.87. The summed E-state index contributed by atoms with van der Waals surface area (Å²) in [7, 11) is 0. The summed E-state index contributed by atoms with van der Waals surface area (Å²) in [5.74, 6) is 1.11. The van der Waals surface area contributed by atoms with E-state index in [9.17, 15) is 4.79 Å². The molecule has 1 saturated carbocycles. The predicted octanol–water partition coefficient (Wildman–Crippen LogP) is 3.69. The van der Waals surface area contributed by atoms with Gasteiger partial charge >= 0.3 is 6.01 Å². The summed E-state index contributed by atoms with van der Waals surface area (Å²) in [5, 5.41) is 14.1. The Balaban J connectivity index is 1.53. The molecule has 1 aromatic carbocycles. The van der Waals surface area contributed by atoms with Gasteiger partial charge in [-0.1, -0.05) is 36.5 Å². The largest absolute Gasteiger partial charge is 0.408 e. The third-order valence-electron chi connectivity index (χ3n) is 4.11. The maximum atomic E-state index is 11.0. The van der Waals surface area contributed by atoms with Gasteiger partial charge in [-0.25, -0.2) is 0 Å². The number of aromatic nitrogens is 2. The van der Waals surface area contributed by atoms with Crippen LogP contribution in [-0.2, 0) is 11.3 Å². The molecule has 6 heteroatoms. The van der Waals surface area contributed by atoms with E-state index in [1.807, 2.05) is 24.3 Å². The molecule has 2 aromatic rings. The highest BCUT2D eigenvalue weighted by Crippen LogP contribution is 2.32. The molecule has 0 aliphatic heterocycles. The van der Waals surface area contributed by atoms with E-state index in [-0.39, 0.29) is 5.91 Å². The summed E-state index contributed by atoms with van der Waals surface area (Å²) >= 11 is 0. The third-order valence-corrected chi connectivity index (χ3v) is 4.11. The Morgan fingerprint density at radius 2 is 1.91 bits per heavy atom. The molecule has 122 valence electrons. The molecule has 3 rings (SSSR count). The molecule has 1 amide bonds. The molecular weight excluding hydrogens is 292 g/mol. The number of nitrogens with one attached hydrogen (secondary N) is 2. The number of rotatable bonds is 5. The van der Waals surface area contributed by atoms with Crippen molar-refractivity contribution in [2.24, 2.45) is 0 Å². The van der Waals surface area contributed by atoms with Gasteiger partial charge in [0.05, 0.1) is 0 Å². The first-order chi connectivity index (χ1) is 11.2. The molecule has 0 saturated heterocycles. The highest BCUT2D eigenvalue weighted by molar-refractivity contribution is 5.88. The molecule has 0 spiro atoms. The Bertz CT molecular complexity index is 645. The number of carbonyl (C=O) groups excluding carboxylic acids is 1. The molecule has 1 aromatic heterocycles. The van der Waals surface area contributed by atoms with Crippen LogP contribution >= 0.6 is 0 Å². The smallest absolute Gasteiger partial charge is 0.315 e. The number of hydrogen-bond donors (Lipinski definition) is 2. The van der Waals surface area contributed by atoms with Gasteiger partial charge in [-0.05, 0) is 30.5 Å². The summed E-state index contributed by atoms with van der Waals surface area (Å²) < 4.78 is 5.73. The monoisotopic (exact) mass is 314 g/mol. The maximum Gasteiger partial charge on any atom is 0.315 e. The number of carbonyl (C=O) groups is 1. The molecule has 0 atom stereocenters. The fourth-order valence-electron chi connectivity index (χ4n) is 2.91. The number of nitrogens with zero attached hydrogens (tertiary/aromatic N) is 2. The van der Waals surface area contributed by atoms with Crippen LogP contribution in [0.5, 0.6) is 0 Å². The lowest BCUT2D eigenvalue weighted by Gasteiger charge is -2.17. The summed E-state index contributed by atoms with van der Waals surface area (Å²) in [6.07, 6.45) is 6.09. The second kappa shape index (κ2) is 7.26. The quantitative estimate of drug-likeness (QED) is 0.880. The molecular formula is C17H22N4O2. The summed E-state index contributed by atoms with van der Waals surface area (Å²) in [6.45, 7) is 2.10. The zero-order valence-electron chi connectivity index (χ0n) is 13.3. The van der Waals surface area contributed by atoms with Gasteiger partial charge in [0.15, 0.2) is 0 Å². The van der Waals surface area contributed by atoms with Gasteiger partial charge < -0.3 is 15.1 Å². The van der Waals surface area contributed by atoms with Crippen LogP contribution in [0, 0.1) is 0 Å². The molecule has 0 unspecified atom stereocenters. The Morgan fingerprint density at radius 1 is 1.17 bits per heavy atom. The first-order valence-electron chi connectivity index (χ1n) is 8.14. The van der Waals surface area contributed by atoms with E-state index >= 15 is 0 Å². The first kappa shape index (κ1) is 15.5. The molecule has 1 heterocycles. The lowest BCUT2D eigenvalue weighted by molar-refractivity contribution is -0.114. The molecule has 0 bridgehead atoms. The fraction of sp³-hybridized carbons (Fsp3) is 0.471. The zero-order chi connectivity index (χ0) is 16.1. The molecule has 6 nitrogen and oxygen atoms in total. The van der Waals surface area contributed by atoms with E-state index in [2.05, 4.69) is 20.8 Å². The van der Waals surface area contributed by atoms with Crippen LogP contribution in [-0.4, -0.2) is 16.1 Å². The number of anilines is 2. The van der Waals surface area contributed by atoms with Crippen molar-refractivity contribution in [3.05, 3.63) is 35.7 Å². The van der Waals surface area contributed by atoms with Crippen LogP contribution < -0.4 is 10.6 Å².